The first-order chi connectivity index (χ1) is 13.0. The topological polar surface area (TPSA) is 46.6 Å². The Balaban J connectivity index is 2.11. The van der Waals surface area contributed by atoms with Crippen molar-refractivity contribution in [2.45, 2.75) is 32.4 Å². The summed E-state index contributed by atoms with van der Waals surface area (Å²) in [4.78, 5) is 28.2. The van der Waals surface area contributed by atoms with E-state index in [2.05, 4.69) is 6.92 Å². The fourth-order valence-corrected chi connectivity index (χ4v) is 4.04. The zero-order chi connectivity index (χ0) is 19.6. The Morgan fingerprint density at radius 2 is 1.67 bits per heavy atom. The summed E-state index contributed by atoms with van der Waals surface area (Å²) in [6.07, 6.45) is 0.904. The number of ether oxygens (including phenoxy) is 1. The normalized spacial score (nSPS) is 14.5. The molecule has 140 valence electrons. The van der Waals surface area contributed by atoms with Crippen LogP contribution in [-0.4, -0.2) is 24.2 Å². The molecular formula is C22H23NO3S. The molecule has 0 aromatic heterocycles. The predicted octanol–water partition coefficient (Wildman–Crippen LogP) is 4.68. The van der Waals surface area contributed by atoms with Crippen molar-refractivity contribution in [2.75, 3.05) is 12.0 Å². The van der Waals surface area contributed by atoms with Crippen LogP contribution in [0.5, 0.6) is 5.75 Å². The number of rotatable bonds is 6. The number of hydrogen-bond donors (Lipinski definition) is 0. The Kier molecular flexibility index (Phi) is 5.71. The fourth-order valence-electron chi connectivity index (χ4n) is 3.06. The van der Waals surface area contributed by atoms with Gasteiger partial charge in [-0.15, -0.1) is 11.8 Å². The first-order valence-electron chi connectivity index (χ1n) is 9.00. The number of anilines is 1. The summed E-state index contributed by atoms with van der Waals surface area (Å²) in [5.74, 6) is -0.000518. The molecule has 0 fully saturated rings. The minimum atomic E-state index is -0.308. The van der Waals surface area contributed by atoms with Gasteiger partial charge in [0.1, 0.15) is 5.75 Å². The van der Waals surface area contributed by atoms with Gasteiger partial charge in [0.2, 0.25) is 0 Å². The number of carbonyl (C=O) groups is 2. The lowest BCUT2D eigenvalue weighted by Gasteiger charge is -2.16. The number of hydrogen-bond acceptors (Lipinski definition) is 4. The average Bonchev–Trinajstić information content (AvgIpc) is 2.91. The van der Waals surface area contributed by atoms with Gasteiger partial charge in [0.05, 0.1) is 23.3 Å². The van der Waals surface area contributed by atoms with Crippen LogP contribution in [0.3, 0.4) is 0 Å². The first-order valence-corrected chi connectivity index (χ1v) is 9.87. The third-order valence-electron chi connectivity index (χ3n) is 4.37. The van der Waals surface area contributed by atoms with Crippen LogP contribution in [-0.2, 0) is 16.0 Å². The summed E-state index contributed by atoms with van der Waals surface area (Å²) in [5.41, 5.74) is 2.81. The van der Waals surface area contributed by atoms with Crippen LogP contribution >= 0.6 is 11.8 Å². The van der Waals surface area contributed by atoms with E-state index in [0.717, 1.165) is 12.0 Å². The second-order valence-corrected chi connectivity index (χ2v) is 8.12. The van der Waals surface area contributed by atoms with Crippen molar-refractivity contribution in [1.82, 2.24) is 0 Å². The molecule has 0 spiro atoms. The summed E-state index contributed by atoms with van der Waals surface area (Å²) >= 11 is 1.41. The van der Waals surface area contributed by atoms with Gasteiger partial charge in [-0.2, -0.15) is 0 Å². The Morgan fingerprint density at radius 1 is 1.00 bits per heavy atom. The smallest absolute Gasteiger partial charge is 0.272 e. The van der Waals surface area contributed by atoms with Gasteiger partial charge in [0.15, 0.2) is 0 Å². The highest BCUT2D eigenvalue weighted by atomic mass is 32.2. The van der Waals surface area contributed by atoms with Crippen LogP contribution in [0.25, 0.3) is 5.57 Å². The SMILES string of the molecule is CCc1ccc(N2C(=O)C(SC(C)C)=C(c3ccccc3OC)C2=O)cc1. The van der Waals surface area contributed by atoms with Crippen LogP contribution in [0.4, 0.5) is 5.69 Å². The molecule has 0 saturated carbocycles. The van der Waals surface area contributed by atoms with Crippen LogP contribution in [0, 0.1) is 0 Å². The third-order valence-corrected chi connectivity index (χ3v) is 5.46. The standard InChI is InChI=1S/C22H23NO3S/c1-5-15-10-12-16(13-11-15)23-21(24)19(20(22(23)25)27-14(2)3)17-8-6-7-9-18(17)26-4/h6-14H,5H2,1-4H3. The monoisotopic (exact) mass is 381 g/mol. The van der Waals surface area contributed by atoms with Crippen molar-refractivity contribution in [2.24, 2.45) is 0 Å². The van der Waals surface area contributed by atoms with Gasteiger partial charge in [-0.05, 0) is 30.2 Å². The van der Waals surface area contributed by atoms with Gasteiger partial charge in [-0.3, -0.25) is 9.59 Å². The molecule has 0 radical (unpaired) electrons. The number of carbonyl (C=O) groups excluding carboxylic acids is 2. The number of thioether (sulfide) groups is 1. The van der Waals surface area contributed by atoms with Gasteiger partial charge in [-0.1, -0.05) is 51.1 Å². The van der Waals surface area contributed by atoms with Crippen molar-refractivity contribution in [3.63, 3.8) is 0 Å². The van der Waals surface area contributed by atoms with Crippen molar-refractivity contribution in [3.05, 3.63) is 64.6 Å². The number of benzene rings is 2. The van der Waals surface area contributed by atoms with E-state index >= 15 is 0 Å². The molecular weight excluding hydrogens is 358 g/mol. The van der Waals surface area contributed by atoms with Crippen molar-refractivity contribution >= 4 is 34.8 Å². The lowest BCUT2D eigenvalue weighted by molar-refractivity contribution is -0.119. The van der Waals surface area contributed by atoms with Crippen LogP contribution in [0.2, 0.25) is 0 Å². The number of nitrogens with zero attached hydrogens (tertiary/aromatic N) is 1. The summed E-state index contributed by atoms with van der Waals surface area (Å²) in [6.45, 7) is 6.09. The van der Waals surface area contributed by atoms with E-state index in [1.807, 2.05) is 56.3 Å². The Bertz CT molecular complexity index is 900. The molecule has 1 heterocycles. The quantitative estimate of drug-likeness (QED) is 0.682. The van der Waals surface area contributed by atoms with Crippen molar-refractivity contribution in [3.8, 4) is 5.75 Å². The lowest BCUT2D eigenvalue weighted by Crippen LogP contribution is -2.31. The van der Waals surface area contributed by atoms with Gasteiger partial charge in [0, 0.05) is 10.8 Å². The molecule has 4 nitrogen and oxygen atoms in total. The number of amides is 2. The number of para-hydroxylation sites is 1. The van der Waals surface area contributed by atoms with Gasteiger partial charge in [0.25, 0.3) is 11.8 Å². The highest BCUT2D eigenvalue weighted by molar-refractivity contribution is 8.04. The summed E-state index contributed by atoms with van der Waals surface area (Å²) in [5, 5.41) is 0.170. The molecule has 0 N–H and O–H groups in total. The van der Waals surface area contributed by atoms with Crippen LogP contribution in [0.1, 0.15) is 31.9 Å². The highest BCUT2D eigenvalue weighted by Crippen LogP contribution is 2.42. The molecule has 2 aromatic rings. The Hall–Kier alpha value is -2.53. The van der Waals surface area contributed by atoms with E-state index in [1.54, 1.807) is 13.2 Å². The molecule has 3 rings (SSSR count). The molecule has 0 aliphatic carbocycles. The molecule has 5 heteroatoms. The lowest BCUT2D eigenvalue weighted by atomic mass is 10.0. The van der Waals surface area contributed by atoms with Crippen molar-refractivity contribution < 1.29 is 14.3 Å². The molecule has 1 aliphatic heterocycles. The van der Waals surface area contributed by atoms with E-state index in [4.69, 9.17) is 4.74 Å². The second-order valence-electron chi connectivity index (χ2n) is 6.54. The van der Waals surface area contributed by atoms with Crippen LogP contribution in [0.15, 0.2) is 53.4 Å². The number of imide groups is 1. The summed E-state index contributed by atoms with van der Waals surface area (Å²) < 4.78 is 5.44. The molecule has 0 saturated heterocycles. The summed E-state index contributed by atoms with van der Waals surface area (Å²) in [7, 11) is 1.57. The highest BCUT2D eigenvalue weighted by Gasteiger charge is 2.41. The zero-order valence-electron chi connectivity index (χ0n) is 16.0. The molecule has 2 aromatic carbocycles. The Morgan fingerprint density at radius 3 is 2.26 bits per heavy atom. The van der Waals surface area contributed by atoms with E-state index in [0.29, 0.717) is 27.5 Å². The molecule has 0 bridgehead atoms. The maximum atomic E-state index is 13.3. The van der Waals surface area contributed by atoms with Gasteiger partial charge < -0.3 is 4.74 Å². The van der Waals surface area contributed by atoms with Crippen LogP contribution < -0.4 is 9.64 Å². The molecule has 27 heavy (non-hydrogen) atoms. The minimum absolute atomic E-state index is 0.170. The number of aryl methyl sites for hydroxylation is 1. The second kappa shape index (κ2) is 8.01. The first kappa shape index (κ1) is 19.2. The van der Waals surface area contributed by atoms with Gasteiger partial charge >= 0.3 is 0 Å². The fraction of sp³-hybridized carbons (Fsp3) is 0.273. The summed E-state index contributed by atoms with van der Waals surface area (Å²) in [6, 6.07) is 14.9. The maximum absolute atomic E-state index is 13.3. The van der Waals surface area contributed by atoms with Gasteiger partial charge in [-0.25, -0.2) is 4.90 Å². The largest absolute Gasteiger partial charge is 0.496 e. The average molecular weight is 381 g/mol. The van der Waals surface area contributed by atoms with E-state index < -0.39 is 0 Å². The van der Waals surface area contributed by atoms with E-state index in [-0.39, 0.29) is 17.1 Å². The minimum Gasteiger partial charge on any atom is -0.496 e. The van der Waals surface area contributed by atoms with E-state index in [1.165, 1.54) is 16.7 Å². The zero-order valence-corrected chi connectivity index (χ0v) is 16.8. The van der Waals surface area contributed by atoms with Crippen molar-refractivity contribution in [1.29, 1.82) is 0 Å². The molecule has 1 aliphatic rings. The van der Waals surface area contributed by atoms with E-state index in [9.17, 15) is 9.59 Å². The molecule has 0 atom stereocenters. The molecule has 0 unspecified atom stereocenters. The Labute approximate surface area is 164 Å². The maximum Gasteiger partial charge on any atom is 0.272 e. The molecule has 2 amide bonds. The predicted molar refractivity (Wildman–Crippen MR) is 111 cm³/mol. The third kappa shape index (κ3) is 3.65. The number of methoxy groups -OCH3 is 1.